The maximum atomic E-state index is 9.26. The van der Waals surface area contributed by atoms with Crippen molar-refractivity contribution in [2.75, 3.05) is 30.7 Å². The Bertz CT molecular complexity index is 722. The van der Waals surface area contributed by atoms with Gasteiger partial charge in [0.2, 0.25) is 5.95 Å². The van der Waals surface area contributed by atoms with Crippen LogP contribution in [0.4, 0.5) is 11.8 Å². The summed E-state index contributed by atoms with van der Waals surface area (Å²) in [5.41, 5.74) is 9.42. The molecule has 1 fully saturated rings. The quantitative estimate of drug-likeness (QED) is 0.584. The highest BCUT2D eigenvalue weighted by atomic mass is 16.3. The van der Waals surface area contributed by atoms with E-state index >= 15 is 0 Å². The molecule has 0 spiro atoms. The molecule has 0 radical (unpaired) electrons. The Balaban J connectivity index is 1.63. The van der Waals surface area contributed by atoms with E-state index in [4.69, 9.17) is 5.73 Å². The Kier molecular flexibility index (Phi) is 7.62. The third kappa shape index (κ3) is 6.17. The summed E-state index contributed by atoms with van der Waals surface area (Å²) in [6.07, 6.45) is 6.10. The van der Waals surface area contributed by atoms with Crippen molar-refractivity contribution in [1.29, 1.82) is 0 Å². The summed E-state index contributed by atoms with van der Waals surface area (Å²) in [4.78, 5) is 11.2. The second-order valence-electron chi connectivity index (χ2n) is 7.72. The molecule has 4 N–H and O–H groups in total. The average molecular weight is 384 g/mol. The highest BCUT2D eigenvalue weighted by Gasteiger charge is 2.12. The number of aliphatic hydroxyl groups excluding tert-OH is 1. The van der Waals surface area contributed by atoms with Crippen LogP contribution in [0.5, 0.6) is 0 Å². The van der Waals surface area contributed by atoms with Crippen LogP contribution >= 0.6 is 0 Å². The molecule has 3 rings (SSSR count). The second-order valence-corrected chi connectivity index (χ2v) is 7.72. The summed E-state index contributed by atoms with van der Waals surface area (Å²) < 4.78 is 0. The van der Waals surface area contributed by atoms with Crippen LogP contribution in [0.25, 0.3) is 0 Å². The number of nitrogen functional groups attached to an aromatic ring is 1. The van der Waals surface area contributed by atoms with Crippen molar-refractivity contribution in [2.45, 2.75) is 58.0 Å². The minimum atomic E-state index is 0.162. The van der Waals surface area contributed by atoms with Gasteiger partial charge in [0, 0.05) is 31.7 Å². The first-order chi connectivity index (χ1) is 13.7. The van der Waals surface area contributed by atoms with Gasteiger partial charge in [0.05, 0.1) is 5.69 Å². The number of nitrogens with two attached hydrogens (primary N) is 1. The number of aromatic nitrogens is 2. The van der Waals surface area contributed by atoms with Crippen LogP contribution in [0.3, 0.4) is 0 Å². The van der Waals surface area contributed by atoms with Gasteiger partial charge in [0.15, 0.2) is 0 Å². The molecule has 0 saturated carbocycles. The molecule has 1 saturated heterocycles. The smallest absolute Gasteiger partial charge is 0.222 e. The molecule has 6 nitrogen and oxygen atoms in total. The van der Waals surface area contributed by atoms with E-state index in [1.54, 1.807) is 0 Å². The van der Waals surface area contributed by atoms with Gasteiger partial charge >= 0.3 is 0 Å². The summed E-state index contributed by atoms with van der Waals surface area (Å²) in [5, 5.41) is 12.7. The fourth-order valence-corrected chi connectivity index (χ4v) is 3.86. The molecule has 6 heteroatoms. The lowest BCUT2D eigenvalue weighted by Crippen LogP contribution is -2.22. The summed E-state index contributed by atoms with van der Waals surface area (Å²) in [6.45, 7) is 5.77. The Hall–Kier alpha value is -2.18. The van der Waals surface area contributed by atoms with Gasteiger partial charge < -0.3 is 16.2 Å². The number of hydrogen-bond donors (Lipinski definition) is 3. The summed E-state index contributed by atoms with van der Waals surface area (Å²) in [7, 11) is 0. The van der Waals surface area contributed by atoms with E-state index < -0.39 is 0 Å². The fraction of sp³-hybridized carbons (Fsp3) is 0.545. The molecule has 1 aliphatic rings. The maximum Gasteiger partial charge on any atom is 0.222 e. The number of hydrogen-bond acceptors (Lipinski definition) is 6. The van der Waals surface area contributed by atoms with Crippen molar-refractivity contribution in [3.05, 3.63) is 47.2 Å². The van der Waals surface area contributed by atoms with E-state index in [1.165, 1.54) is 37.1 Å². The predicted molar refractivity (Wildman–Crippen MR) is 114 cm³/mol. The first-order valence-electron chi connectivity index (χ1n) is 10.5. The minimum Gasteiger partial charge on any atom is -0.396 e. The van der Waals surface area contributed by atoms with Crippen molar-refractivity contribution in [3.63, 3.8) is 0 Å². The van der Waals surface area contributed by atoms with Crippen LogP contribution < -0.4 is 11.1 Å². The molecule has 1 aliphatic heterocycles. The van der Waals surface area contributed by atoms with E-state index in [-0.39, 0.29) is 18.6 Å². The van der Waals surface area contributed by atoms with Crippen molar-refractivity contribution >= 4 is 11.8 Å². The van der Waals surface area contributed by atoms with E-state index in [0.717, 1.165) is 37.3 Å². The van der Waals surface area contributed by atoms with E-state index in [9.17, 15) is 5.11 Å². The number of benzene rings is 1. The lowest BCUT2D eigenvalue weighted by atomic mass is 10.1. The Morgan fingerprint density at radius 2 is 1.82 bits per heavy atom. The van der Waals surface area contributed by atoms with Crippen LogP contribution in [0.1, 0.15) is 55.8 Å². The first kappa shape index (κ1) is 20.6. The fourth-order valence-electron chi connectivity index (χ4n) is 3.86. The van der Waals surface area contributed by atoms with E-state index in [1.807, 2.05) is 6.07 Å². The standard InChI is InChI=1S/C22H33N5O/c1-2-5-19(10-13-28)24-21-15-20(25-22(23)26-21)14-17-6-8-18(9-7-17)16-27-11-3-4-12-27/h6-9,15,19,28H,2-5,10-14,16H2,1H3,(H3,23,24,25,26). The molecule has 2 heterocycles. The number of aliphatic hydroxyl groups is 1. The highest BCUT2D eigenvalue weighted by Crippen LogP contribution is 2.18. The molecule has 0 amide bonds. The number of rotatable bonds is 10. The molecule has 152 valence electrons. The largest absolute Gasteiger partial charge is 0.396 e. The van der Waals surface area contributed by atoms with Crippen molar-refractivity contribution in [2.24, 2.45) is 0 Å². The zero-order valence-corrected chi connectivity index (χ0v) is 16.9. The predicted octanol–water partition coefficient (Wildman–Crippen LogP) is 3.21. The summed E-state index contributed by atoms with van der Waals surface area (Å²) >= 11 is 0. The number of anilines is 2. The summed E-state index contributed by atoms with van der Waals surface area (Å²) in [5.74, 6) is 1.02. The zero-order chi connectivity index (χ0) is 19.8. The van der Waals surface area contributed by atoms with Crippen LogP contribution in [0, 0.1) is 0 Å². The van der Waals surface area contributed by atoms with Gasteiger partial charge in [-0.3, -0.25) is 4.90 Å². The SMILES string of the molecule is CCCC(CCO)Nc1cc(Cc2ccc(CN3CCCC3)cc2)nc(N)n1. The third-order valence-corrected chi connectivity index (χ3v) is 5.28. The molecule has 1 unspecified atom stereocenters. The van der Waals surface area contributed by atoms with Crippen LogP contribution in [-0.2, 0) is 13.0 Å². The third-order valence-electron chi connectivity index (χ3n) is 5.28. The van der Waals surface area contributed by atoms with Gasteiger partial charge in [-0.1, -0.05) is 37.6 Å². The molecular formula is C22H33N5O. The van der Waals surface area contributed by atoms with Crippen LogP contribution in [-0.4, -0.2) is 45.7 Å². The van der Waals surface area contributed by atoms with Gasteiger partial charge in [0.25, 0.3) is 0 Å². The van der Waals surface area contributed by atoms with Crippen LogP contribution in [0.2, 0.25) is 0 Å². The zero-order valence-electron chi connectivity index (χ0n) is 16.9. The highest BCUT2D eigenvalue weighted by molar-refractivity contribution is 5.42. The lowest BCUT2D eigenvalue weighted by Gasteiger charge is -2.18. The number of nitrogens with one attached hydrogen (secondary N) is 1. The van der Waals surface area contributed by atoms with Gasteiger partial charge in [-0.05, 0) is 49.9 Å². The molecule has 1 aromatic heterocycles. The average Bonchev–Trinajstić information content (AvgIpc) is 3.16. The number of nitrogens with zero attached hydrogens (tertiary/aromatic N) is 3. The van der Waals surface area contributed by atoms with Crippen molar-refractivity contribution in [3.8, 4) is 0 Å². The Labute approximate surface area is 168 Å². The first-order valence-corrected chi connectivity index (χ1v) is 10.5. The van der Waals surface area contributed by atoms with E-state index in [0.29, 0.717) is 6.42 Å². The van der Waals surface area contributed by atoms with Gasteiger partial charge in [-0.2, -0.15) is 4.98 Å². The molecule has 2 aromatic rings. The van der Waals surface area contributed by atoms with Crippen molar-refractivity contribution < 1.29 is 5.11 Å². The monoisotopic (exact) mass is 383 g/mol. The Morgan fingerprint density at radius 3 is 2.50 bits per heavy atom. The summed E-state index contributed by atoms with van der Waals surface area (Å²) in [6, 6.07) is 11.0. The van der Waals surface area contributed by atoms with Crippen LogP contribution in [0.15, 0.2) is 30.3 Å². The topological polar surface area (TPSA) is 87.3 Å². The number of likely N-dealkylation sites (tertiary alicyclic amines) is 1. The molecule has 1 atom stereocenters. The molecule has 0 aliphatic carbocycles. The normalized spacial score (nSPS) is 15.6. The maximum absolute atomic E-state index is 9.26. The molecule has 28 heavy (non-hydrogen) atoms. The molecule has 0 bridgehead atoms. The molecular weight excluding hydrogens is 350 g/mol. The van der Waals surface area contributed by atoms with E-state index in [2.05, 4.69) is 51.4 Å². The minimum absolute atomic E-state index is 0.162. The molecule has 1 aromatic carbocycles. The second kappa shape index (κ2) is 10.4. The van der Waals surface area contributed by atoms with Gasteiger partial charge in [-0.25, -0.2) is 4.98 Å². The lowest BCUT2D eigenvalue weighted by molar-refractivity contribution is 0.276. The van der Waals surface area contributed by atoms with Crippen molar-refractivity contribution in [1.82, 2.24) is 14.9 Å². The Morgan fingerprint density at radius 1 is 1.11 bits per heavy atom. The van der Waals surface area contributed by atoms with Gasteiger partial charge in [0.1, 0.15) is 5.82 Å². The van der Waals surface area contributed by atoms with Gasteiger partial charge in [-0.15, -0.1) is 0 Å².